The number of nitrogens with two attached hydrogens (primary N) is 1. The van der Waals surface area contributed by atoms with Gasteiger partial charge < -0.3 is 10.5 Å². The van der Waals surface area contributed by atoms with Gasteiger partial charge in [0.25, 0.3) is 0 Å². The SMILES string of the molecule is Cl.N[C@@H]1CCN(S(=O)(=O)c2cccc(OC(F)(F)F)c2)C1. The minimum atomic E-state index is -4.86. The zero-order valence-corrected chi connectivity index (χ0v) is 12.3. The van der Waals surface area contributed by atoms with Gasteiger partial charge in [0.2, 0.25) is 10.0 Å². The summed E-state index contributed by atoms with van der Waals surface area (Å²) < 4.78 is 65.7. The predicted octanol–water partition coefficient (Wildman–Crippen LogP) is 1.73. The maximum atomic E-state index is 12.2. The smallest absolute Gasteiger partial charge is 0.406 e. The summed E-state index contributed by atoms with van der Waals surface area (Å²) in [5.41, 5.74) is 5.63. The molecule has 21 heavy (non-hydrogen) atoms. The van der Waals surface area contributed by atoms with Gasteiger partial charge in [-0.1, -0.05) is 6.07 Å². The summed E-state index contributed by atoms with van der Waals surface area (Å²) >= 11 is 0. The molecule has 5 nitrogen and oxygen atoms in total. The highest BCUT2D eigenvalue weighted by atomic mass is 35.5. The number of rotatable bonds is 3. The standard InChI is InChI=1S/C11H13F3N2O3S.ClH/c12-11(13,14)19-9-2-1-3-10(6-9)20(17,18)16-5-4-8(15)7-16;/h1-3,6,8H,4-5,7,15H2;1H/t8-;/m1./s1. The van der Waals surface area contributed by atoms with Crippen LogP contribution < -0.4 is 10.5 Å². The monoisotopic (exact) mass is 346 g/mol. The minimum absolute atomic E-state index is 0. The Morgan fingerprint density at radius 2 is 2.00 bits per heavy atom. The van der Waals surface area contributed by atoms with Crippen LogP contribution in [0.3, 0.4) is 0 Å². The molecular weight excluding hydrogens is 333 g/mol. The van der Waals surface area contributed by atoms with E-state index in [4.69, 9.17) is 5.73 Å². The summed E-state index contributed by atoms with van der Waals surface area (Å²) in [7, 11) is -3.84. The van der Waals surface area contributed by atoms with Crippen LogP contribution in [0.5, 0.6) is 5.75 Å². The molecule has 1 atom stereocenters. The van der Waals surface area contributed by atoms with E-state index in [-0.39, 0.29) is 36.4 Å². The van der Waals surface area contributed by atoms with E-state index < -0.39 is 22.1 Å². The van der Waals surface area contributed by atoms with Gasteiger partial charge in [-0.25, -0.2) is 8.42 Å². The molecule has 2 N–H and O–H groups in total. The number of sulfonamides is 1. The largest absolute Gasteiger partial charge is 0.573 e. The van der Waals surface area contributed by atoms with E-state index in [9.17, 15) is 21.6 Å². The third-order valence-electron chi connectivity index (χ3n) is 2.86. The maximum absolute atomic E-state index is 12.2. The summed E-state index contributed by atoms with van der Waals surface area (Å²) in [4.78, 5) is -0.242. The molecule has 120 valence electrons. The lowest BCUT2D eigenvalue weighted by molar-refractivity contribution is -0.274. The normalized spacial score (nSPS) is 20.1. The van der Waals surface area contributed by atoms with Crippen molar-refractivity contribution in [1.82, 2.24) is 4.31 Å². The molecule has 0 radical (unpaired) electrons. The first-order chi connectivity index (χ1) is 9.18. The van der Waals surface area contributed by atoms with Gasteiger partial charge in [-0.15, -0.1) is 25.6 Å². The van der Waals surface area contributed by atoms with Gasteiger partial charge in [-0.2, -0.15) is 4.31 Å². The average molecular weight is 347 g/mol. The number of hydrogen-bond acceptors (Lipinski definition) is 4. The van der Waals surface area contributed by atoms with Crippen LogP contribution >= 0.6 is 12.4 Å². The van der Waals surface area contributed by atoms with Crippen LogP contribution in [0.15, 0.2) is 29.2 Å². The first kappa shape index (κ1) is 18.0. The van der Waals surface area contributed by atoms with E-state index in [1.54, 1.807) is 0 Å². The zero-order chi connectivity index (χ0) is 15.0. The van der Waals surface area contributed by atoms with Crippen LogP contribution in [0.4, 0.5) is 13.2 Å². The molecule has 0 amide bonds. The van der Waals surface area contributed by atoms with Crippen molar-refractivity contribution < 1.29 is 26.3 Å². The van der Waals surface area contributed by atoms with Crippen molar-refractivity contribution in [2.45, 2.75) is 23.7 Å². The molecule has 1 heterocycles. The van der Waals surface area contributed by atoms with Gasteiger partial charge in [-0.3, -0.25) is 0 Å². The molecule has 0 aromatic heterocycles. The lowest BCUT2D eigenvalue weighted by atomic mass is 10.3. The average Bonchev–Trinajstić information content (AvgIpc) is 2.74. The highest BCUT2D eigenvalue weighted by molar-refractivity contribution is 7.89. The van der Waals surface area contributed by atoms with Gasteiger partial charge in [0.15, 0.2) is 0 Å². The van der Waals surface area contributed by atoms with Crippen LogP contribution in [-0.2, 0) is 10.0 Å². The Bertz CT molecular complexity index is 595. The highest BCUT2D eigenvalue weighted by Crippen LogP contribution is 2.27. The molecule has 1 aliphatic rings. The maximum Gasteiger partial charge on any atom is 0.573 e. The van der Waals surface area contributed by atoms with E-state index in [0.717, 1.165) is 16.4 Å². The van der Waals surface area contributed by atoms with Crippen LogP contribution in [0.25, 0.3) is 0 Å². The second kappa shape index (κ2) is 6.39. The Hall–Kier alpha value is -1.03. The van der Waals surface area contributed by atoms with Crippen molar-refractivity contribution in [3.8, 4) is 5.75 Å². The minimum Gasteiger partial charge on any atom is -0.406 e. The second-order valence-electron chi connectivity index (χ2n) is 4.43. The molecule has 10 heteroatoms. The Morgan fingerprint density at radius 3 is 2.52 bits per heavy atom. The zero-order valence-electron chi connectivity index (χ0n) is 10.7. The Balaban J connectivity index is 0.00000220. The highest BCUT2D eigenvalue weighted by Gasteiger charge is 2.33. The first-order valence-electron chi connectivity index (χ1n) is 5.80. The van der Waals surface area contributed by atoms with Crippen molar-refractivity contribution in [1.29, 1.82) is 0 Å². The summed E-state index contributed by atoms with van der Waals surface area (Å²) in [6.45, 7) is 0.417. The van der Waals surface area contributed by atoms with E-state index in [0.29, 0.717) is 6.42 Å². The second-order valence-corrected chi connectivity index (χ2v) is 6.37. The molecule has 1 saturated heterocycles. The Morgan fingerprint density at radius 1 is 1.33 bits per heavy atom. The molecule has 0 bridgehead atoms. The third-order valence-corrected chi connectivity index (χ3v) is 4.73. The Labute approximate surface area is 126 Å². The van der Waals surface area contributed by atoms with Crippen molar-refractivity contribution >= 4 is 22.4 Å². The number of alkyl halides is 3. The fourth-order valence-corrected chi connectivity index (χ4v) is 3.50. The van der Waals surface area contributed by atoms with Crippen molar-refractivity contribution in [2.24, 2.45) is 5.73 Å². The fraction of sp³-hybridized carbons (Fsp3) is 0.455. The van der Waals surface area contributed by atoms with Gasteiger partial charge in [-0.05, 0) is 18.6 Å². The molecule has 2 rings (SSSR count). The molecule has 0 spiro atoms. The lowest BCUT2D eigenvalue weighted by Crippen LogP contribution is -2.32. The summed E-state index contributed by atoms with van der Waals surface area (Å²) in [6, 6.07) is 4.07. The molecule has 0 saturated carbocycles. The third kappa shape index (κ3) is 4.47. The lowest BCUT2D eigenvalue weighted by Gasteiger charge is -2.16. The van der Waals surface area contributed by atoms with Gasteiger partial charge in [0, 0.05) is 25.2 Å². The predicted molar refractivity (Wildman–Crippen MR) is 71.7 cm³/mol. The van der Waals surface area contributed by atoms with Crippen molar-refractivity contribution in [2.75, 3.05) is 13.1 Å². The van der Waals surface area contributed by atoms with E-state index in [1.807, 2.05) is 0 Å². The Kier molecular flexibility index (Phi) is 5.48. The van der Waals surface area contributed by atoms with E-state index in [1.165, 1.54) is 12.1 Å². The number of nitrogens with zero attached hydrogens (tertiary/aromatic N) is 1. The van der Waals surface area contributed by atoms with Crippen LogP contribution in [0.2, 0.25) is 0 Å². The molecule has 1 aliphatic heterocycles. The number of hydrogen-bond donors (Lipinski definition) is 1. The van der Waals surface area contributed by atoms with Crippen molar-refractivity contribution in [3.63, 3.8) is 0 Å². The summed E-state index contributed by atoms with van der Waals surface area (Å²) in [6.07, 6.45) is -4.34. The molecule has 0 unspecified atom stereocenters. The molecule has 0 aliphatic carbocycles. The molecule has 1 aromatic rings. The number of ether oxygens (including phenoxy) is 1. The quantitative estimate of drug-likeness (QED) is 0.904. The number of halogens is 4. The summed E-state index contributed by atoms with van der Waals surface area (Å²) in [5, 5.41) is 0. The first-order valence-corrected chi connectivity index (χ1v) is 7.24. The number of benzene rings is 1. The van der Waals surface area contributed by atoms with Crippen LogP contribution in [0.1, 0.15) is 6.42 Å². The van der Waals surface area contributed by atoms with E-state index >= 15 is 0 Å². The van der Waals surface area contributed by atoms with Crippen LogP contribution in [0, 0.1) is 0 Å². The summed E-state index contributed by atoms with van der Waals surface area (Å²) in [5.74, 6) is -0.568. The van der Waals surface area contributed by atoms with Gasteiger partial charge in [0.05, 0.1) is 4.90 Å². The van der Waals surface area contributed by atoms with Gasteiger partial charge >= 0.3 is 6.36 Å². The molecule has 1 fully saturated rings. The van der Waals surface area contributed by atoms with E-state index in [2.05, 4.69) is 4.74 Å². The topological polar surface area (TPSA) is 72.6 Å². The molecular formula is C11H14ClF3N2O3S. The fourth-order valence-electron chi connectivity index (χ4n) is 1.95. The molecule has 1 aromatic carbocycles. The van der Waals surface area contributed by atoms with Crippen LogP contribution in [-0.4, -0.2) is 38.2 Å². The van der Waals surface area contributed by atoms with Gasteiger partial charge in [0.1, 0.15) is 5.75 Å². The van der Waals surface area contributed by atoms with Crippen molar-refractivity contribution in [3.05, 3.63) is 24.3 Å².